The number of rotatable bonds is 7. The van der Waals surface area contributed by atoms with E-state index in [1.54, 1.807) is 17.8 Å². The lowest BCUT2D eigenvalue weighted by atomic mass is 10.1. The van der Waals surface area contributed by atoms with E-state index in [2.05, 4.69) is 50.9 Å². The van der Waals surface area contributed by atoms with E-state index in [4.69, 9.17) is 4.42 Å². The minimum absolute atomic E-state index is 0.318. The number of fused-ring (bicyclic) bond motifs is 1. The van der Waals surface area contributed by atoms with Gasteiger partial charge in [0.05, 0.1) is 6.54 Å². The number of aryl methyl sites for hydroxylation is 1. The molecule has 0 aliphatic carbocycles. The monoisotopic (exact) mass is 460 g/mol. The van der Waals surface area contributed by atoms with E-state index in [1.807, 2.05) is 24.3 Å². The van der Waals surface area contributed by atoms with Crippen LogP contribution in [0.15, 0.2) is 69.0 Å². The number of para-hydroxylation sites is 1. The second kappa shape index (κ2) is 9.93. The van der Waals surface area contributed by atoms with Crippen molar-refractivity contribution in [3.63, 3.8) is 0 Å². The standard InChI is InChI=1S/C26H28N4O2S/c1-2-19-11-12-22-20(16-25(31)32-23(22)15-19)18-33-26-28-27-24(17-29-13-7-4-8-14-29)30(26)21-9-5-3-6-10-21/h3,5-6,9-12,15-16H,2,4,7-8,13-14,17-18H2,1H3. The van der Waals surface area contributed by atoms with Crippen molar-refractivity contribution in [2.24, 2.45) is 0 Å². The number of hydrogen-bond donors (Lipinski definition) is 0. The number of thioether (sulfide) groups is 1. The largest absolute Gasteiger partial charge is 0.423 e. The van der Waals surface area contributed by atoms with Gasteiger partial charge in [0.1, 0.15) is 5.58 Å². The summed E-state index contributed by atoms with van der Waals surface area (Å²) in [5.74, 6) is 1.57. The van der Waals surface area contributed by atoms with E-state index in [9.17, 15) is 4.79 Å². The quantitative estimate of drug-likeness (QED) is 0.278. The number of aromatic nitrogens is 3. The van der Waals surface area contributed by atoms with Crippen LogP contribution < -0.4 is 5.63 Å². The van der Waals surface area contributed by atoms with Gasteiger partial charge in [0.2, 0.25) is 0 Å². The molecule has 3 heterocycles. The lowest BCUT2D eigenvalue weighted by Crippen LogP contribution is -2.30. The van der Waals surface area contributed by atoms with Crippen LogP contribution in [0.4, 0.5) is 0 Å². The molecule has 1 aliphatic rings. The van der Waals surface area contributed by atoms with E-state index in [0.717, 1.165) is 59.2 Å². The van der Waals surface area contributed by atoms with Crippen LogP contribution in [0.5, 0.6) is 0 Å². The molecule has 0 radical (unpaired) electrons. The van der Waals surface area contributed by atoms with E-state index in [1.165, 1.54) is 19.3 Å². The molecule has 0 unspecified atom stereocenters. The number of benzene rings is 2. The van der Waals surface area contributed by atoms with Gasteiger partial charge in [-0.3, -0.25) is 9.47 Å². The van der Waals surface area contributed by atoms with Crippen LogP contribution in [0.25, 0.3) is 16.7 Å². The minimum atomic E-state index is -0.318. The maximum Gasteiger partial charge on any atom is 0.336 e. The molecule has 6 nitrogen and oxygen atoms in total. The zero-order valence-corrected chi connectivity index (χ0v) is 19.7. The topological polar surface area (TPSA) is 64.2 Å². The lowest BCUT2D eigenvalue weighted by Gasteiger charge is -2.26. The second-order valence-corrected chi connectivity index (χ2v) is 9.41. The molecule has 2 aromatic heterocycles. The van der Waals surface area contributed by atoms with Gasteiger partial charge < -0.3 is 4.42 Å². The van der Waals surface area contributed by atoms with Gasteiger partial charge in [-0.1, -0.05) is 55.4 Å². The molecule has 0 saturated carbocycles. The first-order chi connectivity index (χ1) is 16.2. The molecule has 0 spiro atoms. The van der Waals surface area contributed by atoms with Gasteiger partial charge >= 0.3 is 5.63 Å². The predicted octanol–water partition coefficient (Wildman–Crippen LogP) is 5.21. The van der Waals surface area contributed by atoms with Crippen LogP contribution in [0, 0.1) is 0 Å². The SMILES string of the molecule is CCc1ccc2c(CSc3nnc(CN4CCCCC4)n3-c3ccccc3)cc(=O)oc2c1. The van der Waals surface area contributed by atoms with Crippen molar-refractivity contribution in [2.45, 2.75) is 50.1 Å². The van der Waals surface area contributed by atoms with Crippen molar-refractivity contribution in [3.8, 4) is 5.69 Å². The Bertz CT molecular complexity index is 1290. The summed E-state index contributed by atoms with van der Waals surface area (Å²) in [6.45, 7) is 5.10. The van der Waals surface area contributed by atoms with Gasteiger partial charge in [-0.05, 0) is 61.7 Å². The Morgan fingerprint density at radius 1 is 1.00 bits per heavy atom. The Balaban J connectivity index is 1.46. The third kappa shape index (κ3) is 4.89. The molecule has 2 aromatic carbocycles. The summed E-state index contributed by atoms with van der Waals surface area (Å²) in [5, 5.41) is 10.9. The summed E-state index contributed by atoms with van der Waals surface area (Å²) < 4.78 is 7.63. The van der Waals surface area contributed by atoms with Crippen LogP contribution >= 0.6 is 11.8 Å². The fourth-order valence-corrected chi connectivity index (χ4v) is 5.37. The lowest BCUT2D eigenvalue weighted by molar-refractivity contribution is 0.214. The number of hydrogen-bond acceptors (Lipinski definition) is 6. The van der Waals surface area contributed by atoms with Crippen molar-refractivity contribution in [1.82, 2.24) is 19.7 Å². The summed E-state index contributed by atoms with van der Waals surface area (Å²) in [4.78, 5) is 14.7. The fourth-order valence-electron chi connectivity index (χ4n) is 4.41. The second-order valence-electron chi connectivity index (χ2n) is 8.47. The molecule has 0 N–H and O–H groups in total. The van der Waals surface area contributed by atoms with E-state index in [-0.39, 0.29) is 5.63 Å². The van der Waals surface area contributed by atoms with E-state index >= 15 is 0 Å². The Kier molecular flexibility index (Phi) is 6.60. The maximum atomic E-state index is 12.2. The van der Waals surface area contributed by atoms with Crippen molar-refractivity contribution in [3.05, 3.63) is 82.0 Å². The molecule has 170 valence electrons. The average molecular weight is 461 g/mol. The summed E-state index contributed by atoms with van der Waals surface area (Å²) in [7, 11) is 0. The van der Waals surface area contributed by atoms with Crippen LogP contribution in [0.3, 0.4) is 0 Å². The molecule has 1 saturated heterocycles. The van der Waals surface area contributed by atoms with Gasteiger partial charge in [0.25, 0.3) is 0 Å². The van der Waals surface area contributed by atoms with Crippen LogP contribution in [0.1, 0.15) is 43.1 Å². The predicted molar refractivity (Wildman–Crippen MR) is 132 cm³/mol. The molecule has 1 fully saturated rings. The molecule has 0 bridgehead atoms. The van der Waals surface area contributed by atoms with Crippen LogP contribution in [-0.4, -0.2) is 32.8 Å². The van der Waals surface area contributed by atoms with Gasteiger partial charge in [-0.25, -0.2) is 4.79 Å². The van der Waals surface area contributed by atoms with Crippen molar-refractivity contribution in [1.29, 1.82) is 0 Å². The summed E-state index contributed by atoms with van der Waals surface area (Å²) in [6, 6.07) is 18.0. The average Bonchev–Trinajstić information content (AvgIpc) is 3.25. The highest BCUT2D eigenvalue weighted by molar-refractivity contribution is 7.98. The molecule has 0 amide bonds. The van der Waals surface area contributed by atoms with Crippen molar-refractivity contribution >= 4 is 22.7 Å². The number of piperidine rings is 1. The van der Waals surface area contributed by atoms with E-state index in [0.29, 0.717) is 11.3 Å². The molecule has 0 atom stereocenters. The highest BCUT2D eigenvalue weighted by atomic mass is 32.2. The minimum Gasteiger partial charge on any atom is -0.423 e. The first kappa shape index (κ1) is 21.9. The zero-order chi connectivity index (χ0) is 22.6. The first-order valence-electron chi connectivity index (χ1n) is 11.6. The van der Waals surface area contributed by atoms with Gasteiger partial charge in [0.15, 0.2) is 11.0 Å². The smallest absolute Gasteiger partial charge is 0.336 e. The third-order valence-electron chi connectivity index (χ3n) is 6.19. The molecule has 5 rings (SSSR count). The Labute approximate surface area is 197 Å². The molecule has 1 aliphatic heterocycles. The number of nitrogens with zero attached hydrogens (tertiary/aromatic N) is 4. The molecular weight excluding hydrogens is 432 g/mol. The third-order valence-corrected chi connectivity index (χ3v) is 7.17. The highest BCUT2D eigenvalue weighted by Crippen LogP contribution is 2.29. The highest BCUT2D eigenvalue weighted by Gasteiger charge is 2.19. The maximum absolute atomic E-state index is 12.2. The van der Waals surface area contributed by atoms with Gasteiger partial charge in [0, 0.05) is 22.9 Å². The first-order valence-corrected chi connectivity index (χ1v) is 12.6. The van der Waals surface area contributed by atoms with Crippen LogP contribution in [-0.2, 0) is 18.7 Å². The summed E-state index contributed by atoms with van der Waals surface area (Å²) >= 11 is 1.60. The van der Waals surface area contributed by atoms with Gasteiger partial charge in [-0.2, -0.15) is 0 Å². The molecular formula is C26H28N4O2S. The summed E-state index contributed by atoms with van der Waals surface area (Å²) in [5.41, 5.74) is 3.49. The Hall–Kier alpha value is -2.90. The normalized spacial score (nSPS) is 14.7. The molecule has 7 heteroatoms. The molecule has 4 aromatic rings. The molecule has 33 heavy (non-hydrogen) atoms. The number of likely N-dealkylation sites (tertiary alicyclic amines) is 1. The van der Waals surface area contributed by atoms with E-state index < -0.39 is 0 Å². The summed E-state index contributed by atoms with van der Waals surface area (Å²) in [6.07, 6.45) is 4.69. The van der Waals surface area contributed by atoms with Crippen molar-refractivity contribution in [2.75, 3.05) is 13.1 Å². The zero-order valence-electron chi connectivity index (χ0n) is 18.9. The van der Waals surface area contributed by atoms with Crippen molar-refractivity contribution < 1.29 is 4.42 Å². The fraction of sp³-hybridized carbons (Fsp3) is 0.346. The van der Waals surface area contributed by atoms with Gasteiger partial charge in [-0.15, -0.1) is 10.2 Å². The van der Waals surface area contributed by atoms with Crippen LogP contribution in [0.2, 0.25) is 0 Å². The Morgan fingerprint density at radius 2 is 1.82 bits per heavy atom. The Morgan fingerprint density at radius 3 is 2.61 bits per heavy atom.